The number of carbonyl (C=O) groups excluding carboxylic acids is 1. The molecular formula is C15H13NO2. The molecule has 0 spiro atoms. The summed E-state index contributed by atoms with van der Waals surface area (Å²) in [6.45, 7) is 0. The molecule has 0 atom stereocenters. The number of rotatable bonds is 3. The van der Waals surface area contributed by atoms with Crippen LogP contribution in [0.3, 0.4) is 0 Å². The molecule has 0 radical (unpaired) electrons. The molecule has 0 saturated carbocycles. The summed E-state index contributed by atoms with van der Waals surface area (Å²) in [4.78, 5) is 11.2. The number of nitrogens with two attached hydrogens (primary N) is 1. The number of phenols is 1. The van der Waals surface area contributed by atoms with Crippen molar-refractivity contribution in [3.05, 3.63) is 65.2 Å². The molecule has 2 rings (SSSR count). The van der Waals surface area contributed by atoms with Crippen LogP contribution in [-0.4, -0.2) is 11.0 Å². The van der Waals surface area contributed by atoms with Crippen LogP contribution in [-0.2, 0) is 0 Å². The van der Waals surface area contributed by atoms with Gasteiger partial charge in [-0.2, -0.15) is 0 Å². The minimum Gasteiger partial charge on any atom is -0.508 e. The van der Waals surface area contributed by atoms with E-state index in [1.54, 1.807) is 36.4 Å². The first kappa shape index (κ1) is 11.9. The van der Waals surface area contributed by atoms with Crippen molar-refractivity contribution in [3.63, 3.8) is 0 Å². The molecule has 0 aliphatic carbocycles. The Morgan fingerprint density at radius 2 is 1.67 bits per heavy atom. The van der Waals surface area contributed by atoms with E-state index < -0.39 is 5.91 Å². The molecule has 2 aromatic carbocycles. The van der Waals surface area contributed by atoms with E-state index in [1.807, 2.05) is 24.3 Å². The Kier molecular flexibility index (Phi) is 3.44. The topological polar surface area (TPSA) is 63.3 Å². The number of primary amides is 1. The maximum atomic E-state index is 11.2. The highest BCUT2D eigenvalue weighted by atomic mass is 16.3. The molecule has 1 amide bonds. The van der Waals surface area contributed by atoms with Crippen LogP contribution < -0.4 is 5.73 Å². The standard InChI is InChI=1S/C15H13NO2/c16-15(18)14-4-2-1-3-12(14)8-5-11-6-9-13(17)10-7-11/h1-10,17H,(H2,16,18). The van der Waals surface area contributed by atoms with Gasteiger partial charge in [0.05, 0.1) is 0 Å². The van der Waals surface area contributed by atoms with E-state index in [-0.39, 0.29) is 5.75 Å². The molecule has 0 bridgehead atoms. The van der Waals surface area contributed by atoms with Gasteiger partial charge in [0.2, 0.25) is 5.91 Å². The molecule has 3 heteroatoms. The lowest BCUT2D eigenvalue weighted by atomic mass is 10.1. The Balaban J connectivity index is 2.29. The second kappa shape index (κ2) is 5.19. The van der Waals surface area contributed by atoms with E-state index in [1.165, 1.54) is 0 Å². The van der Waals surface area contributed by atoms with Crippen molar-refractivity contribution in [2.75, 3.05) is 0 Å². The summed E-state index contributed by atoms with van der Waals surface area (Å²) in [5.41, 5.74) is 7.50. The van der Waals surface area contributed by atoms with Gasteiger partial charge in [-0.1, -0.05) is 42.5 Å². The maximum absolute atomic E-state index is 11.2. The maximum Gasteiger partial charge on any atom is 0.249 e. The minimum absolute atomic E-state index is 0.227. The molecule has 0 aliphatic heterocycles. The van der Waals surface area contributed by atoms with Crippen molar-refractivity contribution in [2.24, 2.45) is 5.73 Å². The van der Waals surface area contributed by atoms with Gasteiger partial charge < -0.3 is 10.8 Å². The van der Waals surface area contributed by atoms with Crippen LogP contribution in [0.4, 0.5) is 0 Å². The number of amides is 1. The predicted octanol–water partition coefficient (Wildman–Crippen LogP) is 2.66. The molecule has 2 aromatic rings. The van der Waals surface area contributed by atoms with Crippen LogP contribution >= 0.6 is 0 Å². The first-order valence-electron chi connectivity index (χ1n) is 5.53. The fourth-order valence-electron chi connectivity index (χ4n) is 1.64. The van der Waals surface area contributed by atoms with Crippen LogP contribution in [0, 0.1) is 0 Å². The van der Waals surface area contributed by atoms with Crippen molar-refractivity contribution in [3.8, 4) is 5.75 Å². The highest BCUT2D eigenvalue weighted by molar-refractivity contribution is 5.97. The van der Waals surface area contributed by atoms with Gasteiger partial charge in [0.25, 0.3) is 0 Å². The number of hydrogen-bond donors (Lipinski definition) is 2. The van der Waals surface area contributed by atoms with Crippen LogP contribution in [0.15, 0.2) is 48.5 Å². The lowest BCUT2D eigenvalue weighted by molar-refractivity contribution is 0.1000. The molecule has 0 aromatic heterocycles. The number of phenolic OH excluding ortho intramolecular Hbond substituents is 1. The van der Waals surface area contributed by atoms with Gasteiger partial charge in [-0.25, -0.2) is 0 Å². The molecule has 18 heavy (non-hydrogen) atoms. The second-order valence-corrected chi connectivity index (χ2v) is 3.88. The molecule has 90 valence electrons. The van der Waals surface area contributed by atoms with Gasteiger partial charge >= 0.3 is 0 Å². The zero-order valence-electron chi connectivity index (χ0n) is 9.71. The smallest absolute Gasteiger partial charge is 0.249 e. The Labute approximate surface area is 105 Å². The largest absolute Gasteiger partial charge is 0.508 e. The zero-order chi connectivity index (χ0) is 13.0. The molecule has 0 aliphatic rings. The van der Waals surface area contributed by atoms with Crippen molar-refractivity contribution in [2.45, 2.75) is 0 Å². The minimum atomic E-state index is -0.444. The molecule has 0 heterocycles. The predicted molar refractivity (Wildman–Crippen MR) is 72.0 cm³/mol. The third-order valence-corrected chi connectivity index (χ3v) is 2.57. The Hall–Kier alpha value is -2.55. The summed E-state index contributed by atoms with van der Waals surface area (Å²) in [6, 6.07) is 14.0. The SMILES string of the molecule is NC(=O)c1ccccc1C=Cc1ccc(O)cc1. The van der Waals surface area contributed by atoms with Crippen molar-refractivity contribution in [1.82, 2.24) is 0 Å². The summed E-state index contributed by atoms with van der Waals surface area (Å²) in [7, 11) is 0. The van der Waals surface area contributed by atoms with E-state index >= 15 is 0 Å². The second-order valence-electron chi connectivity index (χ2n) is 3.88. The van der Waals surface area contributed by atoms with E-state index in [2.05, 4.69) is 0 Å². The van der Waals surface area contributed by atoms with Crippen LogP contribution in [0.5, 0.6) is 5.75 Å². The summed E-state index contributed by atoms with van der Waals surface area (Å²) >= 11 is 0. The lowest BCUT2D eigenvalue weighted by Gasteiger charge is -2.01. The third kappa shape index (κ3) is 2.77. The number of aromatic hydroxyl groups is 1. The molecule has 3 nitrogen and oxygen atoms in total. The van der Waals surface area contributed by atoms with E-state index in [9.17, 15) is 9.90 Å². The molecular weight excluding hydrogens is 226 g/mol. The summed E-state index contributed by atoms with van der Waals surface area (Å²) in [5.74, 6) is -0.217. The summed E-state index contributed by atoms with van der Waals surface area (Å²) < 4.78 is 0. The normalized spacial score (nSPS) is 10.7. The molecule has 0 fully saturated rings. The van der Waals surface area contributed by atoms with Crippen LogP contribution in [0.25, 0.3) is 12.2 Å². The van der Waals surface area contributed by atoms with Crippen molar-refractivity contribution in [1.29, 1.82) is 0 Å². The Bertz CT molecular complexity index is 586. The first-order valence-corrected chi connectivity index (χ1v) is 5.53. The molecule has 0 saturated heterocycles. The number of carbonyl (C=O) groups is 1. The molecule has 0 unspecified atom stereocenters. The van der Waals surface area contributed by atoms with E-state index in [4.69, 9.17) is 5.73 Å². The van der Waals surface area contributed by atoms with Crippen LogP contribution in [0.1, 0.15) is 21.5 Å². The highest BCUT2D eigenvalue weighted by Gasteiger charge is 2.03. The van der Waals surface area contributed by atoms with E-state index in [0.717, 1.165) is 11.1 Å². The van der Waals surface area contributed by atoms with Gasteiger partial charge in [-0.3, -0.25) is 4.79 Å². The Morgan fingerprint density at radius 1 is 1.00 bits per heavy atom. The van der Waals surface area contributed by atoms with Crippen molar-refractivity contribution >= 4 is 18.1 Å². The number of benzene rings is 2. The van der Waals surface area contributed by atoms with Gasteiger partial charge in [0, 0.05) is 5.56 Å². The molecule has 3 N–H and O–H groups in total. The van der Waals surface area contributed by atoms with Gasteiger partial charge in [-0.05, 0) is 29.3 Å². The van der Waals surface area contributed by atoms with Gasteiger partial charge in [0.15, 0.2) is 0 Å². The third-order valence-electron chi connectivity index (χ3n) is 2.57. The summed E-state index contributed by atoms with van der Waals surface area (Å²) in [5, 5.41) is 9.17. The fraction of sp³-hybridized carbons (Fsp3) is 0. The van der Waals surface area contributed by atoms with Gasteiger partial charge in [0.1, 0.15) is 5.75 Å². The first-order chi connectivity index (χ1) is 8.66. The monoisotopic (exact) mass is 239 g/mol. The Morgan fingerprint density at radius 3 is 2.33 bits per heavy atom. The zero-order valence-corrected chi connectivity index (χ0v) is 9.71. The number of hydrogen-bond acceptors (Lipinski definition) is 2. The lowest BCUT2D eigenvalue weighted by Crippen LogP contribution is -2.12. The summed E-state index contributed by atoms with van der Waals surface area (Å²) in [6.07, 6.45) is 3.69. The van der Waals surface area contributed by atoms with Crippen LogP contribution in [0.2, 0.25) is 0 Å². The highest BCUT2D eigenvalue weighted by Crippen LogP contribution is 2.15. The van der Waals surface area contributed by atoms with E-state index in [0.29, 0.717) is 5.56 Å². The average molecular weight is 239 g/mol. The average Bonchev–Trinajstić information content (AvgIpc) is 2.38. The van der Waals surface area contributed by atoms with Crippen molar-refractivity contribution < 1.29 is 9.90 Å². The quantitative estimate of drug-likeness (QED) is 0.809. The van der Waals surface area contributed by atoms with Gasteiger partial charge in [-0.15, -0.1) is 0 Å². The fourth-order valence-corrected chi connectivity index (χ4v) is 1.64.